The molecule has 1 aromatic carbocycles. The van der Waals surface area contributed by atoms with Crippen molar-refractivity contribution >= 4 is 35.2 Å². The lowest BCUT2D eigenvalue weighted by atomic mass is 9.77. The van der Waals surface area contributed by atoms with Gasteiger partial charge in [0, 0.05) is 19.3 Å². The highest BCUT2D eigenvalue weighted by molar-refractivity contribution is 7.98. The molecule has 1 aliphatic heterocycles. The number of aliphatic imine (C=N–C) groups is 1. The summed E-state index contributed by atoms with van der Waals surface area (Å²) in [7, 11) is 1.48. The van der Waals surface area contributed by atoms with Crippen LogP contribution in [0.4, 0.5) is 4.39 Å². The van der Waals surface area contributed by atoms with Gasteiger partial charge in [0.1, 0.15) is 29.9 Å². The molecule has 10 nitrogen and oxygen atoms in total. The van der Waals surface area contributed by atoms with Crippen LogP contribution < -0.4 is 5.32 Å². The van der Waals surface area contributed by atoms with E-state index < -0.39 is 35.1 Å². The van der Waals surface area contributed by atoms with Gasteiger partial charge >= 0.3 is 0 Å². The van der Waals surface area contributed by atoms with Crippen LogP contribution in [0.3, 0.4) is 0 Å². The Hall–Kier alpha value is -3.12. The topological polar surface area (TPSA) is 119 Å². The highest BCUT2D eigenvalue weighted by Gasteiger charge is 2.51. The summed E-state index contributed by atoms with van der Waals surface area (Å²) in [6.07, 6.45) is 6.92. The van der Waals surface area contributed by atoms with E-state index >= 15 is 0 Å². The van der Waals surface area contributed by atoms with Gasteiger partial charge in [0.15, 0.2) is 6.04 Å². The summed E-state index contributed by atoms with van der Waals surface area (Å²) in [5.41, 5.74) is 0.173. The Morgan fingerprint density at radius 2 is 2.15 bits per heavy atom. The summed E-state index contributed by atoms with van der Waals surface area (Å²) in [6.45, 7) is 0.449. The SMILES string of the molecule is CSCCOC1(C2=NC(C(=O)NCc3ccc(F)cc3-n3cncn3)C(=O)C(=O)N2C)CCC1. The molecule has 1 N–H and O–H groups in total. The second-order valence-corrected chi connectivity index (χ2v) is 9.09. The number of ether oxygens (including phenoxy) is 1. The first-order valence-electron chi connectivity index (χ1n) is 10.8. The van der Waals surface area contributed by atoms with Gasteiger partial charge in [-0.15, -0.1) is 0 Å². The third-order valence-electron chi connectivity index (χ3n) is 5.98. The first-order chi connectivity index (χ1) is 16.4. The molecule has 1 atom stereocenters. The van der Waals surface area contributed by atoms with Gasteiger partial charge in [-0.3, -0.25) is 19.3 Å². The molecule has 34 heavy (non-hydrogen) atoms. The zero-order chi connectivity index (χ0) is 24.3. The van der Waals surface area contributed by atoms with Crippen LogP contribution in [-0.4, -0.2) is 80.4 Å². The molecule has 180 valence electrons. The summed E-state index contributed by atoms with van der Waals surface area (Å²) in [6, 6.07) is 2.53. The van der Waals surface area contributed by atoms with Crippen molar-refractivity contribution in [3.05, 3.63) is 42.2 Å². The number of hydrogen-bond acceptors (Lipinski definition) is 8. The number of amides is 2. The van der Waals surface area contributed by atoms with Crippen LogP contribution in [0.2, 0.25) is 0 Å². The van der Waals surface area contributed by atoms with E-state index in [0.29, 0.717) is 36.5 Å². The molecule has 1 unspecified atom stereocenters. The van der Waals surface area contributed by atoms with E-state index in [1.807, 2.05) is 6.26 Å². The molecule has 1 saturated carbocycles. The van der Waals surface area contributed by atoms with Crippen LogP contribution >= 0.6 is 11.8 Å². The largest absolute Gasteiger partial charge is 0.366 e. The molecule has 0 bridgehead atoms. The minimum Gasteiger partial charge on any atom is -0.366 e. The van der Waals surface area contributed by atoms with Crippen LogP contribution in [-0.2, 0) is 25.7 Å². The van der Waals surface area contributed by atoms with Crippen LogP contribution in [0.15, 0.2) is 35.8 Å². The van der Waals surface area contributed by atoms with Crippen LogP contribution in [0.1, 0.15) is 24.8 Å². The van der Waals surface area contributed by atoms with Crippen LogP contribution in [0.25, 0.3) is 5.69 Å². The van der Waals surface area contributed by atoms with E-state index in [-0.39, 0.29) is 6.54 Å². The van der Waals surface area contributed by atoms with Crippen LogP contribution in [0.5, 0.6) is 0 Å². The molecule has 2 heterocycles. The number of benzene rings is 1. The number of carbonyl (C=O) groups is 3. The van der Waals surface area contributed by atoms with Gasteiger partial charge in [-0.25, -0.2) is 19.0 Å². The first-order valence-corrected chi connectivity index (χ1v) is 12.2. The predicted octanol–water partition coefficient (Wildman–Crippen LogP) is 1.13. The van der Waals surface area contributed by atoms with Gasteiger partial charge in [0.05, 0.1) is 12.3 Å². The van der Waals surface area contributed by atoms with E-state index in [0.717, 1.165) is 12.2 Å². The van der Waals surface area contributed by atoms with E-state index in [1.165, 1.54) is 47.5 Å². The van der Waals surface area contributed by atoms with Gasteiger partial charge in [0.25, 0.3) is 17.6 Å². The van der Waals surface area contributed by atoms with E-state index in [1.54, 1.807) is 11.8 Å². The standard InChI is InChI=1S/C22H25FN6O4S/c1-28-20(32)18(30)17(27-21(28)22(6-3-7-22)33-8-9-34-2)19(31)25-11-14-4-5-15(23)10-16(14)29-13-24-12-26-29/h4-5,10,12-13,17H,3,6-9,11H2,1-2H3,(H,25,31). The van der Waals surface area contributed by atoms with E-state index in [2.05, 4.69) is 20.4 Å². The summed E-state index contributed by atoms with van der Waals surface area (Å²) in [5.74, 6) is -1.79. The Morgan fingerprint density at radius 1 is 1.35 bits per heavy atom. The van der Waals surface area contributed by atoms with Gasteiger partial charge in [0.2, 0.25) is 0 Å². The Labute approximate surface area is 200 Å². The Kier molecular flexibility index (Phi) is 7.08. The lowest BCUT2D eigenvalue weighted by Gasteiger charge is -2.46. The number of nitrogens with one attached hydrogen (secondary N) is 1. The fourth-order valence-electron chi connectivity index (χ4n) is 4.01. The normalized spacial score (nSPS) is 19.6. The van der Waals surface area contributed by atoms with Crippen LogP contribution in [0, 0.1) is 5.82 Å². The van der Waals surface area contributed by atoms with Gasteiger partial charge in [-0.05, 0) is 43.2 Å². The van der Waals surface area contributed by atoms with Crippen molar-refractivity contribution in [1.82, 2.24) is 25.0 Å². The zero-order valence-corrected chi connectivity index (χ0v) is 19.7. The molecular formula is C22H25FN6O4S. The molecule has 0 radical (unpaired) electrons. The quantitative estimate of drug-likeness (QED) is 0.319. The number of aromatic nitrogens is 3. The summed E-state index contributed by atoms with van der Waals surface area (Å²) in [4.78, 5) is 47.8. The molecule has 0 saturated heterocycles. The molecule has 12 heteroatoms. The average Bonchev–Trinajstić information content (AvgIpc) is 3.34. The zero-order valence-electron chi connectivity index (χ0n) is 18.9. The highest BCUT2D eigenvalue weighted by atomic mass is 32.2. The van der Waals surface area contributed by atoms with Gasteiger partial charge in [-0.2, -0.15) is 16.9 Å². The minimum atomic E-state index is -1.50. The monoisotopic (exact) mass is 488 g/mol. The molecule has 2 aliphatic rings. The maximum Gasteiger partial charge on any atom is 0.297 e. The number of halogens is 1. The molecular weight excluding hydrogens is 463 g/mol. The third-order valence-corrected chi connectivity index (χ3v) is 6.56. The fourth-order valence-corrected chi connectivity index (χ4v) is 4.26. The smallest absolute Gasteiger partial charge is 0.297 e. The number of carbonyl (C=O) groups excluding carboxylic acids is 3. The van der Waals surface area contributed by atoms with Crippen molar-refractivity contribution in [3.63, 3.8) is 0 Å². The summed E-state index contributed by atoms with van der Waals surface area (Å²) in [5, 5.41) is 6.65. The fraction of sp³-hybridized carbons (Fsp3) is 0.455. The van der Waals surface area contributed by atoms with Gasteiger partial charge < -0.3 is 10.1 Å². The molecule has 2 amide bonds. The maximum atomic E-state index is 13.8. The second kappa shape index (κ2) is 10.0. The van der Waals surface area contributed by atoms with Crippen molar-refractivity contribution in [1.29, 1.82) is 0 Å². The third kappa shape index (κ3) is 4.60. The number of amidine groups is 1. The predicted molar refractivity (Wildman–Crippen MR) is 123 cm³/mol. The minimum absolute atomic E-state index is 0.0255. The van der Waals surface area contributed by atoms with E-state index in [4.69, 9.17) is 4.74 Å². The Morgan fingerprint density at radius 3 is 2.79 bits per heavy atom. The first kappa shape index (κ1) is 24.0. The number of ketones is 1. The van der Waals surface area contributed by atoms with Crippen molar-refractivity contribution in [2.45, 2.75) is 37.5 Å². The lowest BCUT2D eigenvalue weighted by Crippen LogP contribution is -2.62. The summed E-state index contributed by atoms with van der Waals surface area (Å²) < 4.78 is 21.3. The summed E-state index contributed by atoms with van der Waals surface area (Å²) >= 11 is 1.64. The van der Waals surface area contributed by atoms with Crippen molar-refractivity contribution in [3.8, 4) is 5.69 Å². The molecule has 1 aliphatic carbocycles. The average molecular weight is 489 g/mol. The number of likely N-dealkylation sites (N-methyl/N-ethyl adjacent to an activating group) is 1. The number of thioether (sulfide) groups is 1. The molecule has 1 fully saturated rings. The number of nitrogens with zero attached hydrogens (tertiary/aromatic N) is 5. The Balaban J connectivity index is 1.55. The molecule has 2 aromatic rings. The Bertz CT molecular complexity index is 1120. The maximum absolute atomic E-state index is 13.8. The number of rotatable bonds is 9. The van der Waals surface area contributed by atoms with Crippen molar-refractivity contribution in [2.75, 3.05) is 25.7 Å². The molecule has 1 aromatic heterocycles. The number of hydrogen-bond donors (Lipinski definition) is 1. The highest BCUT2D eigenvalue weighted by Crippen LogP contribution is 2.39. The number of Topliss-reactive ketones (excluding diaryl/α,β-unsaturated/α-hetero) is 1. The van der Waals surface area contributed by atoms with Crippen molar-refractivity contribution in [2.24, 2.45) is 4.99 Å². The second-order valence-electron chi connectivity index (χ2n) is 8.10. The lowest BCUT2D eigenvalue weighted by molar-refractivity contribution is -0.146. The van der Waals surface area contributed by atoms with Gasteiger partial charge in [-0.1, -0.05) is 6.07 Å². The van der Waals surface area contributed by atoms with E-state index in [9.17, 15) is 18.8 Å². The van der Waals surface area contributed by atoms with Crippen molar-refractivity contribution < 1.29 is 23.5 Å². The molecule has 4 rings (SSSR count). The molecule has 0 spiro atoms.